The number of hydrogen-bond acceptors (Lipinski definition) is 6. The number of aromatic nitrogens is 3. The average molecular weight is 350 g/mol. The second-order valence-corrected chi connectivity index (χ2v) is 6.28. The number of nitrogens with zero attached hydrogens (tertiary/aromatic N) is 3. The highest BCUT2D eigenvalue weighted by molar-refractivity contribution is 7.09. The predicted octanol–water partition coefficient (Wildman–Crippen LogP) is 3.90. The van der Waals surface area contributed by atoms with Crippen LogP contribution in [0.2, 0.25) is 0 Å². The molecule has 0 fully saturated rings. The number of carbonyl (C=O) groups is 1. The van der Waals surface area contributed by atoms with Crippen molar-refractivity contribution in [1.82, 2.24) is 14.8 Å². The van der Waals surface area contributed by atoms with Crippen LogP contribution in [0.15, 0.2) is 70.7 Å². The largest absolute Gasteiger partial charge is 0.459 e. The summed E-state index contributed by atoms with van der Waals surface area (Å²) in [5, 5.41) is 9.56. The van der Waals surface area contributed by atoms with E-state index in [4.69, 9.17) is 4.42 Å². The van der Waals surface area contributed by atoms with Gasteiger partial charge in [-0.2, -0.15) is 9.67 Å². The second-order valence-electron chi connectivity index (χ2n) is 5.25. The Kier molecular flexibility index (Phi) is 4.14. The molecule has 1 aromatic carbocycles. The Morgan fingerprint density at radius 2 is 2.00 bits per heavy atom. The van der Waals surface area contributed by atoms with Gasteiger partial charge in [-0.3, -0.25) is 4.79 Å². The fourth-order valence-corrected chi connectivity index (χ4v) is 3.01. The van der Waals surface area contributed by atoms with Crippen LogP contribution in [0.3, 0.4) is 0 Å². The number of anilines is 1. The van der Waals surface area contributed by atoms with Gasteiger partial charge in [0.25, 0.3) is 0 Å². The SMILES string of the molecule is O=C(c1ccco1)n1nc(-c2ccccc2)nc1NCc1cccs1. The molecular formula is C18H14N4O2S. The van der Waals surface area contributed by atoms with Crippen molar-refractivity contribution in [3.8, 4) is 11.4 Å². The number of benzene rings is 1. The first-order valence-corrected chi connectivity index (χ1v) is 8.56. The van der Waals surface area contributed by atoms with Crippen LogP contribution in [0.25, 0.3) is 11.4 Å². The van der Waals surface area contributed by atoms with Gasteiger partial charge in [-0.1, -0.05) is 36.4 Å². The molecule has 6 nitrogen and oxygen atoms in total. The number of furan rings is 1. The minimum atomic E-state index is -0.367. The molecule has 3 aromatic heterocycles. The molecule has 3 heterocycles. The van der Waals surface area contributed by atoms with Gasteiger partial charge in [0, 0.05) is 10.4 Å². The van der Waals surface area contributed by atoms with Gasteiger partial charge in [0.1, 0.15) is 0 Å². The molecule has 0 saturated heterocycles. The zero-order valence-corrected chi connectivity index (χ0v) is 13.9. The first kappa shape index (κ1) is 15.3. The summed E-state index contributed by atoms with van der Waals surface area (Å²) < 4.78 is 6.45. The van der Waals surface area contributed by atoms with Crippen molar-refractivity contribution < 1.29 is 9.21 Å². The van der Waals surface area contributed by atoms with Gasteiger partial charge in [-0.15, -0.1) is 16.4 Å². The topological polar surface area (TPSA) is 73.0 Å². The van der Waals surface area contributed by atoms with E-state index in [1.807, 2.05) is 47.8 Å². The molecule has 124 valence electrons. The minimum absolute atomic E-state index is 0.212. The number of carbonyl (C=O) groups excluding carboxylic acids is 1. The Labute approximate surface area is 147 Å². The van der Waals surface area contributed by atoms with E-state index >= 15 is 0 Å². The lowest BCUT2D eigenvalue weighted by Gasteiger charge is -2.04. The van der Waals surface area contributed by atoms with E-state index in [0.717, 1.165) is 10.4 Å². The van der Waals surface area contributed by atoms with Crippen LogP contribution in [0.4, 0.5) is 5.95 Å². The standard InChI is InChI=1S/C18H14N4O2S/c23-17(15-9-4-10-24-15)22-18(19-12-14-8-5-11-25-14)20-16(21-22)13-6-2-1-3-7-13/h1-11H,12H2,(H,19,20,21). The van der Waals surface area contributed by atoms with E-state index in [9.17, 15) is 4.79 Å². The van der Waals surface area contributed by atoms with Crippen molar-refractivity contribution in [2.75, 3.05) is 5.32 Å². The molecule has 0 aliphatic rings. The number of rotatable bonds is 5. The van der Waals surface area contributed by atoms with E-state index in [0.29, 0.717) is 18.3 Å². The van der Waals surface area contributed by atoms with Crippen molar-refractivity contribution in [1.29, 1.82) is 0 Å². The van der Waals surface area contributed by atoms with Crippen molar-refractivity contribution in [2.24, 2.45) is 0 Å². The smallest absolute Gasteiger partial charge is 0.317 e. The fraction of sp³-hybridized carbons (Fsp3) is 0.0556. The molecule has 0 bridgehead atoms. The van der Waals surface area contributed by atoms with Crippen LogP contribution in [0.1, 0.15) is 15.4 Å². The third-order valence-electron chi connectivity index (χ3n) is 3.56. The van der Waals surface area contributed by atoms with Gasteiger partial charge in [0.05, 0.1) is 12.8 Å². The molecule has 1 N–H and O–H groups in total. The van der Waals surface area contributed by atoms with E-state index in [-0.39, 0.29) is 11.7 Å². The Morgan fingerprint density at radius 1 is 1.12 bits per heavy atom. The van der Waals surface area contributed by atoms with Gasteiger partial charge >= 0.3 is 5.91 Å². The van der Waals surface area contributed by atoms with Crippen LogP contribution in [0, 0.1) is 0 Å². The van der Waals surface area contributed by atoms with Crippen molar-refractivity contribution in [3.05, 3.63) is 76.9 Å². The Bertz CT molecular complexity index is 960. The third-order valence-corrected chi connectivity index (χ3v) is 4.44. The van der Waals surface area contributed by atoms with Crippen LogP contribution in [0.5, 0.6) is 0 Å². The van der Waals surface area contributed by atoms with Gasteiger partial charge < -0.3 is 9.73 Å². The van der Waals surface area contributed by atoms with Crippen LogP contribution in [-0.2, 0) is 6.54 Å². The lowest BCUT2D eigenvalue weighted by atomic mass is 10.2. The summed E-state index contributed by atoms with van der Waals surface area (Å²) in [6.07, 6.45) is 1.46. The Hall–Kier alpha value is -3.19. The second kappa shape index (κ2) is 6.74. The zero-order chi connectivity index (χ0) is 17.1. The van der Waals surface area contributed by atoms with Crippen molar-refractivity contribution >= 4 is 23.2 Å². The van der Waals surface area contributed by atoms with E-state index in [1.165, 1.54) is 10.9 Å². The van der Waals surface area contributed by atoms with Crippen molar-refractivity contribution in [2.45, 2.75) is 6.54 Å². The molecule has 0 aliphatic heterocycles. The highest BCUT2D eigenvalue weighted by Crippen LogP contribution is 2.20. The lowest BCUT2D eigenvalue weighted by Crippen LogP contribution is -2.16. The monoisotopic (exact) mass is 350 g/mol. The van der Waals surface area contributed by atoms with Crippen molar-refractivity contribution in [3.63, 3.8) is 0 Å². The number of hydrogen-bond donors (Lipinski definition) is 1. The molecule has 0 unspecified atom stereocenters. The molecule has 0 radical (unpaired) electrons. The molecule has 4 rings (SSSR count). The summed E-state index contributed by atoms with van der Waals surface area (Å²) in [7, 11) is 0. The molecule has 7 heteroatoms. The molecule has 25 heavy (non-hydrogen) atoms. The Balaban J connectivity index is 1.69. The predicted molar refractivity (Wildman–Crippen MR) is 95.5 cm³/mol. The Morgan fingerprint density at radius 3 is 2.72 bits per heavy atom. The minimum Gasteiger partial charge on any atom is -0.459 e. The first-order chi connectivity index (χ1) is 12.3. The summed E-state index contributed by atoms with van der Waals surface area (Å²) in [6, 6.07) is 16.8. The highest BCUT2D eigenvalue weighted by Gasteiger charge is 2.20. The highest BCUT2D eigenvalue weighted by atomic mass is 32.1. The van der Waals surface area contributed by atoms with Gasteiger partial charge in [0.15, 0.2) is 11.6 Å². The van der Waals surface area contributed by atoms with Crippen LogP contribution in [-0.4, -0.2) is 20.7 Å². The summed E-state index contributed by atoms with van der Waals surface area (Å²) in [4.78, 5) is 18.3. The van der Waals surface area contributed by atoms with Crippen LogP contribution >= 0.6 is 11.3 Å². The first-order valence-electron chi connectivity index (χ1n) is 7.68. The maximum absolute atomic E-state index is 12.7. The molecule has 0 aliphatic carbocycles. The van der Waals surface area contributed by atoms with Crippen LogP contribution < -0.4 is 5.32 Å². The zero-order valence-electron chi connectivity index (χ0n) is 13.1. The van der Waals surface area contributed by atoms with E-state index < -0.39 is 0 Å². The van der Waals surface area contributed by atoms with Gasteiger partial charge in [-0.25, -0.2) is 0 Å². The maximum Gasteiger partial charge on any atom is 0.317 e. The van der Waals surface area contributed by atoms with E-state index in [1.54, 1.807) is 23.5 Å². The molecule has 0 spiro atoms. The summed E-state index contributed by atoms with van der Waals surface area (Å²) in [5.41, 5.74) is 0.840. The molecule has 0 amide bonds. The molecule has 0 saturated carbocycles. The average Bonchev–Trinajstić information content (AvgIpc) is 3.41. The summed E-state index contributed by atoms with van der Waals surface area (Å²) in [5.74, 6) is 0.708. The molecular weight excluding hydrogens is 336 g/mol. The number of nitrogens with one attached hydrogen (secondary N) is 1. The lowest BCUT2D eigenvalue weighted by molar-refractivity contribution is 0.0920. The quantitative estimate of drug-likeness (QED) is 0.591. The summed E-state index contributed by atoms with van der Waals surface area (Å²) in [6.45, 7) is 0.566. The van der Waals surface area contributed by atoms with E-state index in [2.05, 4.69) is 15.4 Å². The maximum atomic E-state index is 12.7. The molecule has 0 atom stereocenters. The summed E-state index contributed by atoms with van der Waals surface area (Å²) >= 11 is 1.63. The van der Waals surface area contributed by atoms with Gasteiger partial charge in [0.2, 0.25) is 5.95 Å². The number of thiophene rings is 1. The van der Waals surface area contributed by atoms with Gasteiger partial charge in [-0.05, 0) is 23.6 Å². The normalized spacial score (nSPS) is 10.7. The third kappa shape index (κ3) is 3.22. The molecule has 4 aromatic rings. The fourth-order valence-electron chi connectivity index (χ4n) is 2.36.